The second-order valence-electron chi connectivity index (χ2n) is 6.15. The Morgan fingerprint density at radius 3 is 2.75 bits per heavy atom. The number of carbonyl (C=O) groups is 1. The molecule has 3 nitrogen and oxygen atoms in total. The highest BCUT2D eigenvalue weighted by Gasteiger charge is 2.32. The molecular weight excluding hydrogens is 316 g/mol. The van der Waals surface area contributed by atoms with Crippen LogP contribution in [0.3, 0.4) is 0 Å². The highest BCUT2D eigenvalue weighted by atomic mass is 32.1. The molecule has 1 amide bonds. The van der Waals surface area contributed by atoms with Crippen molar-refractivity contribution in [2.24, 2.45) is 0 Å². The van der Waals surface area contributed by atoms with Crippen molar-refractivity contribution in [2.45, 2.75) is 25.8 Å². The average Bonchev–Trinajstić information content (AvgIpc) is 3.19. The number of amides is 1. The van der Waals surface area contributed by atoms with Crippen molar-refractivity contribution in [3.63, 3.8) is 0 Å². The normalized spacial score (nSPS) is 16.2. The van der Waals surface area contributed by atoms with E-state index in [-0.39, 0.29) is 11.9 Å². The molecule has 0 radical (unpaired) electrons. The van der Waals surface area contributed by atoms with Crippen molar-refractivity contribution in [1.82, 2.24) is 4.98 Å². The third-order valence-corrected chi connectivity index (χ3v) is 5.24. The van der Waals surface area contributed by atoms with Crippen LogP contribution in [0, 0.1) is 0 Å². The highest BCUT2D eigenvalue weighted by Crippen LogP contribution is 2.33. The van der Waals surface area contributed by atoms with E-state index in [4.69, 9.17) is 0 Å². The quantitative estimate of drug-likeness (QED) is 0.714. The Labute approximate surface area is 145 Å². The van der Waals surface area contributed by atoms with E-state index >= 15 is 0 Å². The molecule has 24 heavy (non-hydrogen) atoms. The zero-order chi connectivity index (χ0) is 16.5. The summed E-state index contributed by atoms with van der Waals surface area (Å²) in [7, 11) is 0. The standard InChI is InChI=1S/C20H18N2OS/c1-14-11-16-9-5-6-10-18(16)22(14)20(23)17-13-24-19(21-17)12-15-7-3-2-4-8-15/h2-10,13-14H,11-12H2,1H3/t14-/m1/s1. The second-order valence-corrected chi connectivity index (χ2v) is 7.09. The fourth-order valence-electron chi connectivity index (χ4n) is 3.26. The summed E-state index contributed by atoms with van der Waals surface area (Å²) in [4.78, 5) is 19.4. The maximum absolute atomic E-state index is 13.0. The van der Waals surface area contributed by atoms with Crippen molar-refractivity contribution < 1.29 is 4.79 Å². The predicted octanol–water partition coefficient (Wildman–Crippen LogP) is 4.33. The third kappa shape index (κ3) is 2.74. The highest BCUT2D eigenvalue weighted by molar-refractivity contribution is 7.09. The summed E-state index contributed by atoms with van der Waals surface area (Å²) in [6.45, 7) is 2.09. The van der Waals surface area contributed by atoms with E-state index < -0.39 is 0 Å². The van der Waals surface area contributed by atoms with Crippen molar-refractivity contribution in [3.05, 3.63) is 81.8 Å². The lowest BCUT2D eigenvalue weighted by Crippen LogP contribution is -2.35. The van der Waals surface area contributed by atoms with Crippen LogP contribution in [-0.2, 0) is 12.8 Å². The van der Waals surface area contributed by atoms with Gasteiger partial charge in [0.05, 0.1) is 5.01 Å². The Balaban J connectivity index is 1.58. The van der Waals surface area contributed by atoms with Crippen LogP contribution in [0.15, 0.2) is 60.0 Å². The van der Waals surface area contributed by atoms with E-state index in [2.05, 4.69) is 30.1 Å². The Morgan fingerprint density at radius 1 is 1.17 bits per heavy atom. The number of para-hydroxylation sites is 1. The fraction of sp³-hybridized carbons (Fsp3) is 0.200. The van der Waals surface area contributed by atoms with Crippen molar-refractivity contribution in [1.29, 1.82) is 0 Å². The summed E-state index contributed by atoms with van der Waals surface area (Å²) in [5, 5.41) is 2.86. The number of thiazole rings is 1. The van der Waals surface area contributed by atoms with Crippen molar-refractivity contribution in [3.8, 4) is 0 Å². The topological polar surface area (TPSA) is 33.2 Å². The first-order chi connectivity index (χ1) is 11.7. The number of carbonyl (C=O) groups excluding carboxylic acids is 1. The molecule has 0 unspecified atom stereocenters. The number of hydrogen-bond donors (Lipinski definition) is 0. The van der Waals surface area contributed by atoms with Crippen molar-refractivity contribution >= 4 is 22.9 Å². The molecule has 0 fully saturated rings. The zero-order valence-corrected chi connectivity index (χ0v) is 14.3. The minimum Gasteiger partial charge on any atom is -0.304 e. The molecule has 0 saturated heterocycles. The summed E-state index contributed by atoms with van der Waals surface area (Å²) >= 11 is 1.56. The second kappa shape index (κ2) is 6.21. The zero-order valence-electron chi connectivity index (χ0n) is 13.5. The predicted molar refractivity (Wildman–Crippen MR) is 97.8 cm³/mol. The van der Waals surface area contributed by atoms with Crippen LogP contribution in [0.25, 0.3) is 0 Å². The molecule has 1 aliphatic rings. The Bertz CT molecular complexity index is 872. The van der Waals surface area contributed by atoms with Gasteiger partial charge in [0.1, 0.15) is 5.69 Å². The van der Waals surface area contributed by atoms with E-state index in [0.29, 0.717) is 5.69 Å². The van der Waals surface area contributed by atoms with E-state index in [1.807, 2.05) is 46.7 Å². The number of fused-ring (bicyclic) bond motifs is 1. The van der Waals surface area contributed by atoms with E-state index in [1.54, 1.807) is 11.3 Å². The van der Waals surface area contributed by atoms with Crippen LogP contribution in [-0.4, -0.2) is 16.9 Å². The Hall–Kier alpha value is -2.46. The smallest absolute Gasteiger partial charge is 0.278 e. The molecule has 0 N–H and O–H groups in total. The molecule has 1 atom stereocenters. The third-order valence-electron chi connectivity index (χ3n) is 4.40. The molecule has 0 spiro atoms. The van der Waals surface area contributed by atoms with Gasteiger partial charge >= 0.3 is 0 Å². The average molecular weight is 334 g/mol. The summed E-state index contributed by atoms with van der Waals surface area (Å²) in [6, 6.07) is 18.5. The molecule has 4 rings (SSSR count). The van der Waals surface area contributed by atoms with E-state index in [9.17, 15) is 4.79 Å². The molecule has 0 saturated carbocycles. The lowest BCUT2D eigenvalue weighted by Gasteiger charge is -2.21. The SMILES string of the molecule is C[C@@H]1Cc2ccccc2N1C(=O)c1csc(Cc2ccccc2)n1. The minimum atomic E-state index is 0.00279. The fourth-order valence-corrected chi connectivity index (χ4v) is 4.06. The summed E-state index contributed by atoms with van der Waals surface area (Å²) < 4.78 is 0. The van der Waals surface area contributed by atoms with Gasteiger partial charge in [0.2, 0.25) is 0 Å². The van der Waals surface area contributed by atoms with Gasteiger partial charge < -0.3 is 4.90 Å². The largest absolute Gasteiger partial charge is 0.304 e. The van der Waals surface area contributed by atoms with Gasteiger partial charge in [0, 0.05) is 23.5 Å². The molecule has 1 aliphatic heterocycles. The van der Waals surface area contributed by atoms with E-state index in [1.165, 1.54) is 11.1 Å². The molecule has 120 valence electrons. The van der Waals surface area contributed by atoms with Crippen LogP contribution >= 0.6 is 11.3 Å². The lowest BCUT2D eigenvalue weighted by atomic mass is 10.1. The van der Waals surface area contributed by atoms with Crippen molar-refractivity contribution in [2.75, 3.05) is 4.90 Å². The molecule has 3 aromatic rings. The van der Waals surface area contributed by atoms with Gasteiger partial charge in [-0.1, -0.05) is 48.5 Å². The van der Waals surface area contributed by atoms with Crippen LogP contribution < -0.4 is 4.90 Å². The van der Waals surface area contributed by atoms with Gasteiger partial charge in [0.15, 0.2) is 0 Å². The number of benzene rings is 2. The molecule has 0 aliphatic carbocycles. The first-order valence-electron chi connectivity index (χ1n) is 8.12. The van der Waals surface area contributed by atoms with Gasteiger partial charge in [-0.05, 0) is 30.5 Å². The first kappa shape index (κ1) is 15.1. The van der Waals surface area contributed by atoms with Gasteiger partial charge in [-0.15, -0.1) is 11.3 Å². The molecule has 2 heterocycles. The maximum atomic E-state index is 13.0. The number of rotatable bonds is 3. The van der Waals surface area contributed by atoms with Gasteiger partial charge in [0.25, 0.3) is 5.91 Å². The lowest BCUT2D eigenvalue weighted by molar-refractivity contribution is 0.0977. The summed E-state index contributed by atoms with van der Waals surface area (Å²) in [5.74, 6) is 0.00279. The number of nitrogens with zero attached hydrogens (tertiary/aromatic N) is 2. The Morgan fingerprint density at radius 2 is 1.92 bits per heavy atom. The Kier molecular flexibility index (Phi) is 3.90. The maximum Gasteiger partial charge on any atom is 0.278 e. The van der Waals surface area contributed by atoms with Gasteiger partial charge in [-0.2, -0.15) is 0 Å². The molecular formula is C20H18N2OS. The monoisotopic (exact) mass is 334 g/mol. The first-order valence-corrected chi connectivity index (χ1v) is 9.00. The van der Waals surface area contributed by atoms with E-state index in [0.717, 1.165) is 23.5 Å². The number of aromatic nitrogens is 1. The molecule has 0 bridgehead atoms. The van der Waals surface area contributed by atoms with Crippen LogP contribution in [0.4, 0.5) is 5.69 Å². The van der Waals surface area contributed by atoms with Crippen LogP contribution in [0.1, 0.15) is 33.5 Å². The minimum absolute atomic E-state index is 0.00279. The van der Waals surface area contributed by atoms with Gasteiger partial charge in [-0.3, -0.25) is 4.79 Å². The van der Waals surface area contributed by atoms with Gasteiger partial charge in [-0.25, -0.2) is 4.98 Å². The number of anilines is 1. The summed E-state index contributed by atoms with van der Waals surface area (Å²) in [5.41, 5.74) is 4.02. The molecule has 4 heteroatoms. The number of hydrogen-bond acceptors (Lipinski definition) is 3. The summed E-state index contributed by atoms with van der Waals surface area (Å²) in [6.07, 6.45) is 1.67. The molecule has 1 aromatic heterocycles. The van der Waals surface area contributed by atoms with Crippen LogP contribution in [0.2, 0.25) is 0 Å². The van der Waals surface area contributed by atoms with Crippen LogP contribution in [0.5, 0.6) is 0 Å². The molecule has 2 aromatic carbocycles.